The Hall–Kier alpha value is -3.85. The minimum Gasteiger partial charge on any atom is -0.489 e. The molecule has 0 heterocycles. The summed E-state index contributed by atoms with van der Waals surface area (Å²) in [4.78, 5) is 27.9. The number of rotatable bonds is 13. The first-order valence-electron chi connectivity index (χ1n) is 12.9. The van der Waals surface area contributed by atoms with E-state index in [1.165, 1.54) is 4.90 Å². The van der Waals surface area contributed by atoms with Crippen LogP contribution >= 0.6 is 0 Å². The average molecular weight is 552 g/mol. The number of ether oxygens (including phenoxy) is 1. The quantitative estimate of drug-likeness (QED) is 0.343. The van der Waals surface area contributed by atoms with Gasteiger partial charge in [0, 0.05) is 13.1 Å². The Morgan fingerprint density at radius 2 is 1.41 bits per heavy atom. The van der Waals surface area contributed by atoms with Crippen LogP contribution in [0.2, 0.25) is 0 Å². The van der Waals surface area contributed by atoms with E-state index in [4.69, 9.17) is 4.74 Å². The summed E-state index contributed by atoms with van der Waals surface area (Å²) in [5, 5.41) is 2.87. The van der Waals surface area contributed by atoms with Gasteiger partial charge in [0.05, 0.1) is 11.9 Å². The largest absolute Gasteiger partial charge is 0.489 e. The van der Waals surface area contributed by atoms with Crippen molar-refractivity contribution in [2.24, 2.45) is 5.92 Å². The molecule has 0 saturated heterocycles. The van der Waals surface area contributed by atoms with Gasteiger partial charge in [0.25, 0.3) is 0 Å². The van der Waals surface area contributed by atoms with Gasteiger partial charge in [-0.3, -0.25) is 13.9 Å². The maximum Gasteiger partial charge on any atom is 0.244 e. The van der Waals surface area contributed by atoms with Crippen molar-refractivity contribution in [1.29, 1.82) is 0 Å². The number of anilines is 1. The molecule has 39 heavy (non-hydrogen) atoms. The molecule has 3 rings (SSSR count). The molecule has 9 heteroatoms. The van der Waals surface area contributed by atoms with Crippen LogP contribution in [0.15, 0.2) is 84.9 Å². The van der Waals surface area contributed by atoms with Crippen molar-refractivity contribution in [3.8, 4) is 5.75 Å². The van der Waals surface area contributed by atoms with Gasteiger partial charge in [-0.05, 0) is 48.2 Å². The molecule has 0 aromatic heterocycles. The Bertz CT molecular complexity index is 1310. The van der Waals surface area contributed by atoms with Crippen molar-refractivity contribution in [2.75, 3.05) is 23.7 Å². The lowest BCUT2D eigenvalue weighted by atomic mass is 10.1. The Labute approximate surface area is 231 Å². The fourth-order valence-electron chi connectivity index (χ4n) is 3.88. The zero-order chi connectivity index (χ0) is 28.4. The number of hydrogen-bond donors (Lipinski definition) is 1. The number of amides is 2. The molecule has 0 spiro atoms. The lowest BCUT2D eigenvalue weighted by Gasteiger charge is -2.31. The monoisotopic (exact) mass is 551 g/mol. The van der Waals surface area contributed by atoms with Crippen molar-refractivity contribution in [1.82, 2.24) is 10.2 Å². The molecular weight excluding hydrogens is 514 g/mol. The molecule has 1 atom stereocenters. The van der Waals surface area contributed by atoms with E-state index >= 15 is 0 Å². The standard InChI is InChI=1S/C30H37N3O5S/c1-23(2)19-31-30(35)24(3)32(20-25-11-7-5-8-12-25)29(34)21-33(39(4,36)37)27-15-17-28(18-16-27)38-22-26-13-9-6-10-14-26/h5-18,23-24H,19-22H2,1-4H3,(H,31,35)/t24-/m1/s1. The molecule has 0 aliphatic heterocycles. The summed E-state index contributed by atoms with van der Waals surface area (Å²) in [6.07, 6.45) is 1.06. The molecule has 0 saturated carbocycles. The van der Waals surface area contributed by atoms with Crippen molar-refractivity contribution in [2.45, 2.75) is 40.0 Å². The van der Waals surface area contributed by atoms with Crippen LogP contribution < -0.4 is 14.4 Å². The van der Waals surface area contributed by atoms with Crippen molar-refractivity contribution < 1.29 is 22.7 Å². The number of carbonyl (C=O) groups excluding carboxylic acids is 2. The van der Waals surface area contributed by atoms with Crippen molar-refractivity contribution in [3.05, 3.63) is 96.1 Å². The van der Waals surface area contributed by atoms with Gasteiger partial charge in [0.15, 0.2) is 0 Å². The van der Waals surface area contributed by atoms with Crippen LogP contribution in [0.1, 0.15) is 31.9 Å². The molecule has 3 aromatic rings. The summed E-state index contributed by atoms with van der Waals surface area (Å²) in [6, 6.07) is 24.8. The molecule has 0 aliphatic rings. The molecule has 0 fully saturated rings. The zero-order valence-electron chi connectivity index (χ0n) is 22.9. The van der Waals surface area contributed by atoms with Crippen LogP contribution in [0, 0.1) is 5.92 Å². The molecule has 2 amide bonds. The molecule has 8 nitrogen and oxygen atoms in total. The summed E-state index contributed by atoms with van der Waals surface area (Å²) >= 11 is 0. The second-order valence-electron chi connectivity index (χ2n) is 9.86. The van der Waals surface area contributed by atoms with Crippen LogP contribution in [0.3, 0.4) is 0 Å². The molecule has 0 unspecified atom stereocenters. The minimum atomic E-state index is -3.81. The molecule has 0 aliphatic carbocycles. The van der Waals surface area contributed by atoms with Crippen LogP contribution in [0.4, 0.5) is 5.69 Å². The number of nitrogens with zero attached hydrogens (tertiary/aromatic N) is 2. The minimum absolute atomic E-state index is 0.166. The van der Waals surface area contributed by atoms with E-state index in [1.807, 2.05) is 74.5 Å². The van der Waals surface area contributed by atoms with Gasteiger partial charge in [0.2, 0.25) is 21.8 Å². The maximum absolute atomic E-state index is 13.6. The highest BCUT2D eigenvalue weighted by atomic mass is 32.2. The Morgan fingerprint density at radius 3 is 1.95 bits per heavy atom. The molecule has 0 bridgehead atoms. The highest BCUT2D eigenvalue weighted by Gasteiger charge is 2.30. The molecular formula is C30H37N3O5S. The maximum atomic E-state index is 13.6. The fraction of sp³-hybridized carbons (Fsp3) is 0.333. The summed E-state index contributed by atoms with van der Waals surface area (Å²) in [7, 11) is -3.81. The smallest absolute Gasteiger partial charge is 0.244 e. The Kier molecular flexibility index (Phi) is 10.5. The van der Waals surface area contributed by atoms with E-state index < -0.39 is 28.5 Å². The summed E-state index contributed by atoms with van der Waals surface area (Å²) in [6.45, 7) is 6.20. The second kappa shape index (κ2) is 13.8. The lowest BCUT2D eigenvalue weighted by Crippen LogP contribution is -2.51. The number of nitrogens with one attached hydrogen (secondary N) is 1. The molecule has 1 N–H and O–H groups in total. The van der Waals surface area contributed by atoms with E-state index in [2.05, 4.69) is 5.32 Å². The number of carbonyl (C=O) groups is 2. The first kappa shape index (κ1) is 29.7. The zero-order valence-corrected chi connectivity index (χ0v) is 23.7. The highest BCUT2D eigenvalue weighted by molar-refractivity contribution is 7.92. The number of hydrogen-bond acceptors (Lipinski definition) is 5. The van der Waals surface area contributed by atoms with Gasteiger partial charge in [-0.15, -0.1) is 0 Å². The van der Waals surface area contributed by atoms with E-state index in [0.29, 0.717) is 24.6 Å². The summed E-state index contributed by atoms with van der Waals surface area (Å²) in [5.74, 6) is 0.0445. The predicted octanol–water partition coefficient (Wildman–Crippen LogP) is 4.22. The Balaban J connectivity index is 1.79. The van der Waals surface area contributed by atoms with Crippen LogP contribution in [0.5, 0.6) is 5.75 Å². The van der Waals surface area contributed by atoms with Crippen LogP contribution in [0.25, 0.3) is 0 Å². The fourth-order valence-corrected chi connectivity index (χ4v) is 4.73. The predicted molar refractivity (Wildman–Crippen MR) is 154 cm³/mol. The number of benzene rings is 3. The average Bonchev–Trinajstić information content (AvgIpc) is 2.92. The van der Waals surface area contributed by atoms with E-state index in [9.17, 15) is 18.0 Å². The van der Waals surface area contributed by atoms with Gasteiger partial charge < -0.3 is 15.0 Å². The summed E-state index contributed by atoms with van der Waals surface area (Å²) < 4.78 is 32.4. The van der Waals surface area contributed by atoms with E-state index in [-0.39, 0.29) is 18.4 Å². The highest BCUT2D eigenvalue weighted by Crippen LogP contribution is 2.23. The Morgan fingerprint density at radius 1 is 0.846 bits per heavy atom. The second-order valence-corrected chi connectivity index (χ2v) is 11.8. The van der Waals surface area contributed by atoms with Crippen LogP contribution in [-0.4, -0.2) is 50.5 Å². The van der Waals surface area contributed by atoms with Gasteiger partial charge in [-0.1, -0.05) is 74.5 Å². The third-order valence-electron chi connectivity index (χ3n) is 6.10. The van der Waals surface area contributed by atoms with Gasteiger partial charge in [0.1, 0.15) is 24.9 Å². The SMILES string of the molecule is CC(C)CNC(=O)[C@@H](C)N(Cc1ccccc1)C(=O)CN(c1ccc(OCc2ccccc2)cc1)S(C)(=O)=O. The molecule has 3 aromatic carbocycles. The van der Waals surface area contributed by atoms with Gasteiger partial charge in [-0.2, -0.15) is 0 Å². The normalized spacial score (nSPS) is 12.0. The van der Waals surface area contributed by atoms with Gasteiger partial charge >= 0.3 is 0 Å². The molecule has 208 valence electrons. The van der Waals surface area contributed by atoms with Crippen molar-refractivity contribution in [3.63, 3.8) is 0 Å². The summed E-state index contributed by atoms with van der Waals surface area (Å²) in [5.41, 5.74) is 2.17. The topological polar surface area (TPSA) is 96.0 Å². The lowest BCUT2D eigenvalue weighted by molar-refractivity contribution is -0.139. The number of sulfonamides is 1. The first-order chi connectivity index (χ1) is 18.5. The van der Waals surface area contributed by atoms with E-state index in [0.717, 1.165) is 21.7 Å². The van der Waals surface area contributed by atoms with Crippen LogP contribution in [-0.2, 0) is 32.8 Å². The van der Waals surface area contributed by atoms with Crippen molar-refractivity contribution >= 4 is 27.5 Å². The third kappa shape index (κ3) is 9.14. The third-order valence-corrected chi connectivity index (χ3v) is 7.24. The van der Waals surface area contributed by atoms with E-state index in [1.54, 1.807) is 31.2 Å². The molecule has 0 radical (unpaired) electrons. The van der Waals surface area contributed by atoms with Gasteiger partial charge in [-0.25, -0.2) is 8.42 Å². The first-order valence-corrected chi connectivity index (χ1v) is 14.7.